The number of carbonyl (C=O) groups excluding carboxylic acids is 3. The fourth-order valence-electron chi connectivity index (χ4n) is 3.88. The predicted molar refractivity (Wildman–Crippen MR) is 163 cm³/mol. The third-order valence-corrected chi connectivity index (χ3v) is 5.90. The van der Waals surface area contributed by atoms with Gasteiger partial charge in [0.2, 0.25) is 5.78 Å². The molecule has 4 rings (SSSR count). The topological polar surface area (TPSA) is 131 Å². The molecule has 0 aliphatic rings. The van der Waals surface area contributed by atoms with Crippen molar-refractivity contribution in [2.24, 2.45) is 0 Å². The summed E-state index contributed by atoms with van der Waals surface area (Å²) in [5.74, 6) is -2.39. The molecule has 4 aromatic rings. The molecule has 0 saturated heterocycles. The van der Waals surface area contributed by atoms with Crippen LogP contribution >= 0.6 is 0 Å². The van der Waals surface area contributed by atoms with Crippen molar-refractivity contribution in [2.45, 2.75) is 40.4 Å². The summed E-state index contributed by atoms with van der Waals surface area (Å²) in [4.78, 5) is 48.5. The fourth-order valence-corrected chi connectivity index (χ4v) is 3.88. The van der Waals surface area contributed by atoms with Crippen LogP contribution < -0.4 is 14.2 Å². The molecule has 0 aliphatic carbocycles. The number of nitrogens with zero attached hydrogens (tertiary/aromatic N) is 1. The van der Waals surface area contributed by atoms with E-state index < -0.39 is 28.9 Å². The summed E-state index contributed by atoms with van der Waals surface area (Å²) in [5.41, 5.74) is 1.45. The summed E-state index contributed by atoms with van der Waals surface area (Å²) in [7, 11) is 0. The SMILES string of the molecule is CC.CCOC(=O)C(=O)CC(=O)c1c(OCc2ccccc2)cc(OCc2ccccc2)cc1Oc1ccc([N+](=O)[O-])cc1. The normalized spacial score (nSPS) is 10.1. The summed E-state index contributed by atoms with van der Waals surface area (Å²) in [6.45, 7) is 5.80. The summed E-state index contributed by atoms with van der Waals surface area (Å²) in [6, 6.07) is 26.8. The van der Waals surface area contributed by atoms with E-state index in [9.17, 15) is 24.5 Å². The molecule has 10 nitrogen and oxygen atoms in total. The Morgan fingerprint density at radius 3 is 1.82 bits per heavy atom. The van der Waals surface area contributed by atoms with Crippen molar-refractivity contribution in [1.82, 2.24) is 0 Å². The molecular formula is C34H33NO9. The van der Waals surface area contributed by atoms with E-state index in [1.807, 2.05) is 74.5 Å². The number of hydrogen-bond donors (Lipinski definition) is 0. The van der Waals surface area contributed by atoms with Gasteiger partial charge in [-0.1, -0.05) is 74.5 Å². The second-order valence-electron chi connectivity index (χ2n) is 8.94. The highest BCUT2D eigenvalue weighted by atomic mass is 16.6. The number of Topliss-reactive ketones (excluding diaryl/α,β-unsaturated/α-hetero) is 2. The van der Waals surface area contributed by atoms with Gasteiger partial charge in [0.1, 0.15) is 41.8 Å². The molecule has 0 spiro atoms. The number of ether oxygens (including phenoxy) is 4. The minimum atomic E-state index is -1.13. The Hall–Kier alpha value is -5.51. The number of nitro benzene ring substituents is 1. The van der Waals surface area contributed by atoms with Crippen LogP contribution in [0, 0.1) is 10.1 Å². The number of benzene rings is 4. The Labute approximate surface area is 255 Å². The van der Waals surface area contributed by atoms with Crippen molar-refractivity contribution >= 4 is 23.2 Å². The Balaban J connectivity index is 0.00000259. The van der Waals surface area contributed by atoms with Crippen LogP contribution in [0.5, 0.6) is 23.0 Å². The van der Waals surface area contributed by atoms with Crippen molar-refractivity contribution < 1.29 is 38.3 Å². The molecule has 0 unspecified atom stereocenters. The maximum absolute atomic E-state index is 13.5. The van der Waals surface area contributed by atoms with Crippen LogP contribution in [-0.4, -0.2) is 29.1 Å². The monoisotopic (exact) mass is 599 g/mol. The first-order valence-corrected chi connectivity index (χ1v) is 14.0. The quantitative estimate of drug-likeness (QED) is 0.0366. The summed E-state index contributed by atoms with van der Waals surface area (Å²) >= 11 is 0. The first-order valence-electron chi connectivity index (χ1n) is 14.0. The number of ketones is 2. The van der Waals surface area contributed by atoms with Gasteiger partial charge in [0, 0.05) is 24.3 Å². The van der Waals surface area contributed by atoms with Gasteiger partial charge in [-0.15, -0.1) is 0 Å². The molecule has 0 atom stereocenters. The van der Waals surface area contributed by atoms with Crippen LogP contribution in [0.3, 0.4) is 0 Å². The van der Waals surface area contributed by atoms with Crippen LogP contribution in [0.1, 0.15) is 48.7 Å². The minimum absolute atomic E-state index is 0.0217. The van der Waals surface area contributed by atoms with Crippen molar-refractivity contribution in [3.05, 3.63) is 124 Å². The molecule has 0 radical (unpaired) electrons. The van der Waals surface area contributed by atoms with E-state index in [4.69, 9.17) is 18.9 Å². The number of carbonyl (C=O) groups is 3. The summed E-state index contributed by atoms with van der Waals surface area (Å²) in [6.07, 6.45) is -0.790. The zero-order valence-corrected chi connectivity index (χ0v) is 24.7. The van der Waals surface area contributed by atoms with Crippen LogP contribution in [0.2, 0.25) is 0 Å². The van der Waals surface area contributed by atoms with Gasteiger partial charge in [0.15, 0.2) is 5.78 Å². The Kier molecular flexibility index (Phi) is 12.6. The van der Waals surface area contributed by atoms with Gasteiger partial charge in [0.05, 0.1) is 18.0 Å². The van der Waals surface area contributed by atoms with Gasteiger partial charge < -0.3 is 18.9 Å². The van der Waals surface area contributed by atoms with Crippen molar-refractivity contribution in [3.8, 4) is 23.0 Å². The molecule has 0 aromatic heterocycles. The lowest BCUT2D eigenvalue weighted by Gasteiger charge is -2.18. The molecule has 0 aliphatic heterocycles. The van der Waals surface area contributed by atoms with Gasteiger partial charge in [0.25, 0.3) is 5.69 Å². The molecule has 0 fully saturated rings. The van der Waals surface area contributed by atoms with E-state index in [0.29, 0.717) is 5.75 Å². The molecule has 44 heavy (non-hydrogen) atoms. The Bertz CT molecular complexity index is 1550. The zero-order valence-electron chi connectivity index (χ0n) is 24.7. The van der Waals surface area contributed by atoms with Gasteiger partial charge in [-0.2, -0.15) is 0 Å². The van der Waals surface area contributed by atoms with Crippen LogP contribution in [-0.2, 0) is 27.5 Å². The molecule has 0 bridgehead atoms. The Morgan fingerprint density at radius 2 is 1.27 bits per heavy atom. The molecule has 228 valence electrons. The van der Waals surface area contributed by atoms with Crippen molar-refractivity contribution in [1.29, 1.82) is 0 Å². The van der Waals surface area contributed by atoms with Gasteiger partial charge in [-0.3, -0.25) is 19.7 Å². The molecular weight excluding hydrogens is 566 g/mol. The second-order valence-corrected chi connectivity index (χ2v) is 8.94. The maximum Gasteiger partial charge on any atom is 0.375 e. The van der Waals surface area contributed by atoms with Crippen LogP contribution in [0.4, 0.5) is 5.69 Å². The van der Waals surface area contributed by atoms with E-state index in [1.165, 1.54) is 36.4 Å². The molecule has 4 aromatic carbocycles. The average Bonchev–Trinajstić information content (AvgIpc) is 3.05. The number of nitro groups is 1. The lowest BCUT2D eigenvalue weighted by atomic mass is 10.0. The maximum atomic E-state index is 13.5. The molecule has 0 saturated carbocycles. The van der Waals surface area contributed by atoms with E-state index in [-0.39, 0.29) is 48.3 Å². The van der Waals surface area contributed by atoms with Crippen molar-refractivity contribution in [3.63, 3.8) is 0 Å². The molecule has 0 N–H and O–H groups in total. The summed E-state index contributed by atoms with van der Waals surface area (Å²) in [5, 5.41) is 11.1. The lowest BCUT2D eigenvalue weighted by Crippen LogP contribution is -2.21. The number of hydrogen-bond acceptors (Lipinski definition) is 9. The fraction of sp³-hybridized carbons (Fsp3) is 0.206. The van der Waals surface area contributed by atoms with Gasteiger partial charge in [-0.05, 0) is 30.2 Å². The third-order valence-electron chi connectivity index (χ3n) is 5.90. The smallest absolute Gasteiger partial charge is 0.375 e. The van der Waals surface area contributed by atoms with E-state index in [2.05, 4.69) is 0 Å². The summed E-state index contributed by atoms with van der Waals surface area (Å²) < 4.78 is 22.8. The average molecular weight is 600 g/mol. The van der Waals surface area contributed by atoms with Crippen LogP contribution in [0.15, 0.2) is 97.1 Å². The number of esters is 1. The number of non-ortho nitro benzene ring substituents is 1. The highest BCUT2D eigenvalue weighted by Crippen LogP contribution is 2.39. The highest BCUT2D eigenvalue weighted by molar-refractivity contribution is 6.38. The Morgan fingerprint density at radius 1 is 0.727 bits per heavy atom. The predicted octanol–water partition coefficient (Wildman–Crippen LogP) is 7.28. The van der Waals surface area contributed by atoms with E-state index in [1.54, 1.807) is 6.92 Å². The standard InChI is InChI=1S/C32H27NO9.C2H6/c1-2-39-32(36)28(35)19-27(34)31-29(41-21-23-11-7-4-8-12-23)17-26(40-20-22-9-5-3-6-10-22)18-30(31)42-25-15-13-24(14-16-25)33(37)38;1-2/h3-18H,2,19-21H2,1H3;1-2H3. The van der Waals surface area contributed by atoms with E-state index in [0.717, 1.165) is 11.1 Å². The van der Waals surface area contributed by atoms with Gasteiger partial charge in [-0.25, -0.2) is 4.79 Å². The second kappa shape index (κ2) is 16.8. The molecule has 0 amide bonds. The highest BCUT2D eigenvalue weighted by Gasteiger charge is 2.27. The molecule has 10 heteroatoms. The largest absolute Gasteiger partial charge is 0.489 e. The minimum Gasteiger partial charge on any atom is -0.489 e. The zero-order chi connectivity index (χ0) is 31.9. The molecule has 0 heterocycles. The third kappa shape index (κ3) is 9.52. The first kappa shape index (κ1) is 33.0. The first-order chi connectivity index (χ1) is 21.3. The van der Waals surface area contributed by atoms with E-state index >= 15 is 0 Å². The number of rotatable bonds is 14. The van der Waals surface area contributed by atoms with Crippen molar-refractivity contribution in [2.75, 3.05) is 6.61 Å². The van der Waals surface area contributed by atoms with Crippen LogP contribution in [0.25, 0.3) is 0 Å². The van der Waals surface area contributed by atoms with Gasteiger partial charge >= 0.3 is 5.97 Å². The lowest BCUT2D eigenvalue weighted by molar-refractivity contribution is -0.384.